The Bertz CT molecular complexity index is 876. The van der Waals surface area contributed by atoms with E-state index in [1.54, 1.807) is 12.4 Å². The van der Waals surface area contributed by atoms with Gasteiger partial charge < -0.3 is 10.1 Å². The lowest BCUT2D eigenvalue weighted by Gasteiger charge is -2.08. The third kappa shape index (κ3) is 3.38. The van der Waals surface area contributed by atoms with Gasteiger partial charge in [-0.15, -0.1) is 0 Å². The molecule has 6 heteroatoms. The molecule has 2 aromatic heterocycles. The molecule has 0 saturated heterocycles. The van der Waals surface area contributed by atoms with E-state index in [1.807, 2.05) is 53.3 Å². The number of carbonyl (C=O) groups is 1. The van der Waals surface area contributed by atoms with E-state index in [2.05, 4.69) is 15.4 Å². The number of carbonyl (C=O) groups excluding carboxylic acids is 1. The van der Waals surface area contributed by atoms with Crippen LogP contribution in [0.25, 0.3) is 0 Å². The van der Waals surface area contributed by atoms with Crippen LogP contribution < -0.4 is 10.1 Å². The molecule has 0 fully saturated rings. The second-order valence-corrected chi connectivity index (χ2v) is 5.96. The summed E-state index contributed by atoms with van der Waals surface area (Å²) < 4.78 is 7.40. The third-order valence-corrected chi connectivity index (χ3v) is 4.29. The van der Waals surface area contributed by atoms with E-state index >= 15 is 0 Å². The number of hydrogen-bond donors (Lipinski definition) is 1. The van der Waals surface area contributed by atoms with Crippen molar-refractivity contribution in [1.82, 2.24) is 14.8 Å². The van der Waals surface area contributed by atoms with Gasteiger partial charge in [-0.25, -0.2) is 0 Å². The van der Waals surface area contributed by atoms with Crippen molar-refractivity contribution in [2.24, 2.45) is 0 Å². The second kappa shape index (κ2) is 6.76. The molecule has 1 aromatic carbocycles. The molecule has 0 spiro atoms. The predicted molar refractivity (Wildman–Crippen MR) is 93.5 cm³/mol. The number of ether oxygens (including phenoxy) is 1. The number of anilines is 1. The van der Waals surface area contributed by atoms with Gasteiger partial charge in [0.15, 0.2) is 5.82 Å². The number of pyridine rings is 1. The van der Waals surface area contributed by atoms with Crippen molar-refractivity contribution >= 4 is 11.7 Å². The molecule has 1 atom stereocenters. The lowest BCUT2D eigenvalue weighted by molar-refractivity contribution is -0.117. The van der Waals surface area contributed by atoms with Crippen LogP contribution in [-0.2, 0) is 17.8 Å². The number of aryl methyl sites for hydroxylation is 2. The molecule has 1 amide bonds. The van der Waals surface area contributed by atoms with Gasteiger partial charge in [0.25, 0.3) is 0 Å². The zero-order valence-electron chi connectivity index (χ0n) is 13.6. The first-order chi connectivity index (χ1) is 12.3. The summed E-state index contributed by atoms with van der Waals surface area (Å²) in [6, 6.07) is 13.4. The lowest BCUT2D eigenvalue weighted by atomic mass is 10.0. The van der Waals surface area contributed by atoms with Crippen LogP contribution in [0.5, 0.6) is 5.75 Å². The predicted octanol–water partition coefficient (Wildman–Crippen LogP) is 2.64. The molecule has 3 aromatic rings. The number of hydrogen-bond acceptors (Lipinski definition) is 4. The number of fused-ring (bicyclic) bond motifs is 1. The topological polar surface area (TPSA) is 69.0 Å². The van der Waals surface area contributed by atoms with E-state index < -0.39 is 0 Å². The van der Waals surface area contributed by atoms with Crippen LogP contribution in [0, 0.1) is 0 Å². The third-order valence-electron chi connectivity index (χ3n) is 4.29. The Labute approximate surface area is 145 Å². The van der Waals surface area contributed by atoms with Gasteiger partial charge in [-0.1, -0.05) is 18.2 Å². The Kier molecular flexibility index (Phi) is 4.16. The van der Waals surface area contributed by atoms with Crippen molar-refractivity contribution in [1.29, 1.82) is 0 Å². The maximum atomic E-state index is 12.5. The van der Waals surface area contributed by atoms with E-state index in [4.69, 9.17) is 4.74 Å². The van der Waals surface area contributed by atoms with Gasteiger partial charge in [0.1, 0.15) is 18.3 Å². The average Bonchev–Trinajstić information content (AvgIpc) is 3.27. The Morgan fingerprint density at radius 1 is 1.20 bits per heavy atom. The van der Waals surface area contributed by atoms with Crippen LogP contribution >= 0.6 is 0 Å². The van der Waals surface area contributed by atoms with Crippen molar-refractivity contribution in [2.75, 3.05) is 11.9 Å². The molecule has 25 heavy (non-hydrogen) atoms. The van der Waals surface area contributed by atoms with Crippen LogP contribution in [0.4, 0.5) is 5.82 Å². The summed E-state index contributed by atoms with van der Waals surface area (Å²) in [6.07, 6.45) is 6.30. The minimum Gasteiger partial charge on any atom is -0.492 e. The van der Waals surface area contributed by atoms with Gasteiger partial charge in [-0.3, -0.25) is 14.5 Å². The summed E-state index contributed by atoms with van der Waals surface area (Å²) in [5.41, 5.74) is 2.13. The van der Waals surface area contributed by atoms with Gasteiger partial charge in [0.2, 0.25) is 5.91 Å². The minimum absolute atomic E-state index is 0.0932. The Hall–Kier alpha value is -3.15. The molecule has 0 bridgehead atoms. The number of nitrogens with one attached hydrogen (secondary N) is 1. The van der Waals surface area contributed by atoms with E-state index in [0.29, 0.717) is 12.4 Å². The maximum Gasteiger partial charge on any atom is 0.236 e. The minimum atomic E-state index is -0.293. The zero-order valence-corrected chi connectivity index (χ0v) is 13.6. The normalized spacial score (nSPS) is 15.4. The van der Waals surface area contributed by atoms with E-state index in [9.17, 15) is 4.79 Å². The molecular formula is C19H18N4O2. The van der Waals surface area contributed by atoms with Gasteiger partial charge >= 0.3 is 0 Å². The molecule has 6 nitrogen and oxygen atoms in total. The highest BCUT2D eigenvalue weighted by Gasteiger charge is 2.30. The number of nitrogens with zero attached hydrogens (tertiary/aromatic N) is 3. The first-order valence-corrected chi connectivity index (χ1v) is 8.24. The Morgan fingerprint density at radius 3 is 2.92 bits per heavy atom. The van der Waals surface area contributed by atoms with Gasteiger partial charge in [0, 0.05) is 36.8 Å². The maximum absolute atomic E-state index is 12.5. The number of rotatable bonds is 5. The van der Waals surface area contributed by atoms with Crippen LogP contribution in [0.15, 0.2) is 61.1 Å². The Morgan fingerprint density at radius 2 is 2.04 bits per heavy atom. The SMILES string of the molecule is O=C(Nc1ccn(CCc2ccncc2)n1)C1COc2ccccc21. The molecule has 4 rings (SSSR count). The van der Waals surface area contributed by atoms with Crippen LogP contribution in [0.2, 0.25) is 0 Å². The standard InChI is InChI=1S/C19H18N4O2/c24-19(16-13-25-17-4-2-1-3-15(16)17)21-18-8-12-23(22-18)11-7-14-5-9-20-10-6-14/h1-6,8-10,12,16H,7,11,13H2,(H,21,22,24). The van der Waals surface area contributed by atoms with Crippen molar-refractivity contribution in [3.63, 3.8) is 0 Å². The molecule has 0 saturated carbocycles. The van der Waals surface area contributed by atoms with Crippen molar-refractivity contribution in [3.05, 3.63) is 72.2 Å². The van der Waals surface area contributed by atoms with E-state index in [-0.39, 0.29) is 11.8 Å². The fourth-order valence-corrected chi connectivity index (χ4v) is 2.94. The summed E-state index contributed by atoms with van der Waals surface area (Å²) in [6.45, 7) is 1.11. The molecule has 1 aliphatic heterocycles. The van der Waals surface area contributed by atoms with Crippen LogP contribution in [0.3, 0.4) is 0 Å². The highest BCUT2D eigenvalue weighted by molar-refractivity contribution is 5.96. The molecule has 0 aliphatic carbocycles. The number of benzene rings is 1. The zero-order chi connectivity index (χ0) is 17.1. The fourth-order valence-electron chi connectivity index (χ4n) is 2.94. The largest absolute Gasteiger partial charge is 0.492 e. The monoisotopic (exact) mass is 334 g/mol. The average molecular weight is 334 g/mol. The first kappa shape index (κ1) is 15.4. The molecule has 126 valence electrons. The van der Waals surface area contributed by atoms with Crippen LogP contribution in [-0.4, -0.2) is 27.3 Å². The summed E-state index contributed by atoms with van der Waals surface area (Å²) in [5, 5.41) is 7.30. The molecule has 1 N–H and O–H groups in total. The molecule has 3 heterocycles. The summed E-state index contributed by atoms with van der Waals surface area (Å²) in [7, 11) is 0. The van der Waals surface area contributed by atoms with E-state index in [0.717, 1.165) is 24.3 Å². The number of amides is 1. The van der Waals surface area contributed by atoms with Crippen molar-refractivity contribution in [2.45, 2.75) is 18.9 Å². The van der Waals surface area contributed by atoms with E-state index in [1.165, 1.54) is 5.56 Å². The highest BCUT2D eigenvalue weighted by atomic mass is 16.5. The molecule has 1 unspecified atom stereocenters. The van der Waals surface area contributed by atoms with Crippen molar-refractivity contribution in [3.8, 4) is 5.75 Å². The Balaban J connectivity index is 1.37. The lowest BCUT2D eigenvalue weighted by Crippen LogP contribution is -2.22. The molecule has 1 aliphatic rings. The quantitative estimate of drug-likeness (QED) is 0.779. The molecular weight excluding hydrogens is 316 g/mol. The summed E-state index contributed by atoms with van der Waals surface area (Å²) in [5.74, 6) is 0.956. The summed E-state index contributed by atoms with van der Waals surface area (Å²) in [4.78, 5) is 16.5. The van der Waals surface area contributed by atoms with Crippen LogP contribution in [0.1, 0.15) is 17.0 Å². The molecule has 0 radical (unpaired) electrons. The fraction of sp³-hybridized carbons (Fsp3) is 0.211. The van der Waals surface area contributed by atoms with Crippen molar-refractivity contribution < 1.29 is 9.53 Å². The summed E-state index contributed by atoms with van der Waals surface area (Å²) >= 11 is 0. The number of para-hydroxylation sites is 1. The first-order valence-electron chi connectivity index (χ1n) is 8.24. The van der Waals surface area contributed by atoms with Gasteiger partial charge in [-0.2, -0.15) is 5.10 Å². The second-order valence-electron chi connectivity index (χ2n) is 5.96. The highest BCUT2D eigenvalue weighted by Crippen LogP contribution is 2.33. The number of aromatic nitrogens is 3. The smallest absolute Gasteiger partial charge is 0.236 e. The van der Waals surface area contributed by atoms with Gasteiger partial charge in [0.05, 0.1) is 0 Å². The van der Waals surface area contributed by atoms with Gasteiger partial charge in [-0.05, 0) is 30.2 Å².